The van der Waals surface area contributed by atoms with E-state index in [0.717, 1.165) is 31.4 Å². The van der Waals surface area contributed by atoms with Crippen molar-refractivity contribution in [1.29, 1.82) is 0 Å². The van der Waals surface area contributed by atoms with Gasteiger partial charge in [-0.25, -0.2) is 8.42 Å². The first-order valence-electron chi connectivity index (χ1n) is 7.49. The number of hydrogen-bond donors (Lipinski definition) is 1. The van der Waals surface area contributed by atoms with Crippen molar-refractivity contribution in [3.8, 4) is 0 Å². The highest BCUT2D eigenvalue weighted by Crippen LogP contribution is 2.29. The molecule has 0 radical (unpaired) electrons. The fourth-order valence-corrected chi connectivity index (χ4v) is 4.52. The van der Waals surface area contributed by atoms with Gasteiger partial charge in [-0.2, -0.15) is 4.31 Å². The van der Waals surface area contributed by atoms with Gasteiger partial charge in [0.15, 0.2) is 0 Å². The monoisotopic (exact) mass is 310 g/mol. The van der Waals surface area contributed by atoms with Crippen LogP contribution in [0.2, 0.25) is 0 Å². The molecule has 2 aliphatic heterocycles. The Balaban J connectivity index is 1.75. The fourth-order valence-electron chi connectivity index (χ4n) is 3.02. The average Bonchev–Trinajstić information content (AvgIpc) is 2.83. The molecule has 2 atom stereocenters. The van der Waals surface area contributed by atoms with Crippen LogP contribution in [0, 0.1) is 0 Å². The van der Waals surface area contributed by atoms with E-state index >= 15 is 0 Å². The van der Waals surface area contributed by atoms with E-state index < -0.39 is 10.0 Å². The smallest absolute Gasteiger partial charge is 0.243 e. The number of benzene rings is 1. The molecular formula is C15H22N2O3S. The second kappa shape index (κ2) is 6.04. The molecule has 2 heterocycles. The zero-order valence-corrected chi connectivity index (χ0v) is 13.1. The molecule has 1 N–H and O–H groups in total. The van der Waals surface area contributed by atoms with Gasteiger partial charge in [-0.3, -0.25) is 0 Å². The van der Waals surface area contributed by atoms with E-state index in [4.69, 9.17) is 4.74 Å². The van der Waals surface area contributed by atoms with Crippen LogP contribution in [0.3, 0.4) is 0 Å². The number of nitrogens with zero attached hydrogens (tertiary/aromatic N) is 1. The van der Waals surface area contributed by atoms with Gasteiger partial charge < -0.3 is 10.1 Å². The molecule has 2 unspecified atom stereocenters. The first-order chi connectivity index (χ1) is 10.1. The molecule has 2 saturated heterocycles. The topological polar surface area (TPSA) is 58.6 Å². The van der Waals surface area contributed by atoms with Crippen LogP contribution in [0.25, 0.3) is 0 Å². The molecular weight excluding hydrogens is 288 g/mol. The van der Waals surface area contributed by atoms with Crippen LogP contribution in [0.4, 0.5) is 0 Å². The van der Waals surface area contributed by atoms with Gasteiger partial charge in [0.05, 0.1) is 17.1 Å². The Morgan fingerprint density at radius 3 is 2.38 bits per heavy atom. The van der Waals surface area contributed by atoms with Crippen LogP contribution in [-0.2, 0) is 21.2 Å². The highest BCUT2D eigenvalue weighted by molar-refractivity contribution is 7.89. The zero-order valence-electron chi connectivity index (χ0n) is 12.3. The summed E-state index contributed by atoms with van der Waals surface area (Å²) in [5, 5.41) is 3.09. The minimum absolute atomic E-state index is 0.0772. The number of rotatable bonds is 5. The largest absolute Gasteiger partial charge is 0.372 e. The number of fused-ring (bicyclic) bond motifs is 2. The van der Waals surface area contributed by atoms with E-state index in [1.165, 1.54) is 0 Å². The summed E-state index contributed by atoms with van der Waals surface area (Å²) >= 11 is 0. The highest BCUT2D eigenvalue weighted by atomic mass is 32.2. The third-order valence-corrected chi connectivity index (χ3v) is 6.08. The summed E-state index contributed by atoms with van der Waals surface area (Å²) in [6.45, 7) is 1.86. The molecule has 1 aromatic rings. The lowest BCUT2D eigenvalue weighted by Gasteiger charge is -2.31. The second-order valence-corrected chi connectivity index (χ2v) is 7.71. The van der Waals surface area contributed by atoms with Crippen molar-refractivity contribution in [2.45, 2.75) is 36.4 Å². The van der Waals surface area contributed by atoms with Gasteiger partial charge in [-0.15, -0.1) is 0 Å². The number of sulfonamides is 1. The zero-order chi connectivity index (χ0) is 14.9. The van der Waals surface area contributed by atoms with E-state index in [9.17, 15) is 8.42 Å². The minimum Gasteiger partial charge on any atom is -0.372 e. The molecule has 2 aliphatic rings. The molecule has 2 bridgehead atoms. The standard InChI is InChI=1S/C15H22N2O3S/c1-16-9-8-12-2-6-15(7-3-12)21(18,19)17-10-13-4-5-14(11-17)20-13/h2-3,6-7,13-14,16H,4-5,8-11H2,1H3. The van der Waals surface area contributed by atoms with Crippen molar-refractivity contribution in [3.05, 3.63) is 29.8 Å². The maximum Gasteiger partial charge on any atom is 0.243 e. The Labute approximate surface area is 126 Å². The summed E-state index contributed by atoms with van der Waals surface area (Å²) < 4.78 is 32.7. The van der Waals surface area contributed by atoms with E-state index in [0.29, 0.717) is 18.0 Å². The van der Waals surface area contributed by atoms with E-state index in [1.807, 2.05) is 19.2 Å². The van der Waals surface area contributed by atoms with E-state index in [2.05, 4.69) is 5.32 Å². The van der Waals surface area contributed by atoms with Crippen LogP contribution in [-0.4, -0.2) is 51.6 Å². The number of nitrogens with one attached hydrogen (secondary N) is 1. The molecule has 0 spiro atoms. The van der Waals surface area contributed by atoms with Crippen molar-refractivity contribution in [2.24, 2.45) is 0 Å². The molecule has 0 aliphatic carbocycles. The second-order valence-electron chi connectivity index (χ2n) is 5.78. The molecule has 3 rings (SSSR count). The van der Waals surface area contributed by atoms with Crippen molar-refractivity contribution < 1.29 is 13.2 Å². The van der Waals surface area contributed by atoms with Crippen LogP contribution in [0.1, 0.15) is 18.4 Å². The average molecular weight is 310 g/mol. The summed E-state index contributed by atoms with van der Waals surface area (Å²) in [6, 6.07) is 7.24. The van der Waals surface area contributed by atoms with Gasteiger partial charge in [0.25, 0.3) is 0 Å². The third kappa shape index (κ3) is 3.13. The molecule has 0 saturated carbocycles. The van der Waals surface area contributed by atoms with Crippen molar-refractivity contribution in [1.82, 2.24) is 9.62 Å². The maximum atomic E-state index is 12.7. The Morgan fingerprint density at radius 1 is 1.19 bits per heavy atom. The Hall–Kier alpha value is -0.950. The lowest BCUT2D eigenvalue weighted by Crippen LogP contribution is -2.45. The van der Waals surface area contributed by atoms with Gasteiger partial charge in [0.2, 0.25) is 10.0 Å². The molecule has 0 aromatic heterocycles. The van der Waals surface area contributed by atoms with Crippen LogP contribution in [0.5, 0.6) is 0 Å². The summed E-state index contributed by atoms with van der Waals surface area (Å²) in [5.74, 6) is 0. The third-order valence-electron chi connectivity index (χ3n) is 4.23. The first kappa shape index (κ1) is 15.0. The molecule has 1 aromatic carbocycles. The molecule has 21 heavy (non-hydrogen) atoms. The van der Waals surface area contributed by atoms with E-state index in [1.54, 1.807) is 16.4 Å². The maximum absolute atomic E-state index is 12.7. The Kier molecular flexibility index (Phi) is 4.31. The molecule has 6 heteroatoms. The quantitative estimate of drug-likeness (QED) is 0.881. The van der Waals surface area contributed by atoms with Crippen molar-refractivity contribution >= 4 is 10.0 Å². The predicted molar refractivity (Wildman–Crippen MR) is 80.7 cm³/mol. The summed E-state index contributed by atoms with van der Waals surface area (Å²) in [7, 11) is -1.48. The van der Waals surface area contributed by atoms with Gasteiger partial charge in [0, 0.05) is 13.1 Å². The number of ether oxygens (including phenoxy) is 1. The summed E-state index contributed by atoms with van der Waals surface area (Å²) in [6.07, 6.45) is 3.00. The molecule has 116 valence electrons. The SMILES string of the molecule is CNCCc1ccc(S(=O)(=O)N2CC3CCC(C2)O3)cc1. The van der Waals surface area contributed by atoms with Crippen LogP contribution >= 0.6 is 0 Å². The van der Waals surface area contributed by atoms with Crippen LogP contribution < -0.4 is 5.32 Å². The lowest BCUT2D eigenvalue weighted by atomic mass is 10.1. The number of likely N-dealkylation sites (N-methyl/N-ethyl adjacent to an activating group) is 1. The number of hydrogen-bond acceptors (Lipinski definition) is 4. The Bertz CT molecular complexity index is 573. The fraction of sp³-hybridized carbons (Fsp3) is 0.600. The van der Waals surface area contributed by atoms with Gasteiger partial charge >= 0.3 is 0 Å². The minimum atomic E-state index is -3.39. The molecule has 5 nitrogen and oxygen atoms in total. The lowest BCUT2D eigenvalue weighted by molar-refractivity contribution is -0.0114. The Morgan fingerprint density at radius 2 is 1.81 bits per heavy atom. The van der Waals surface area contributed by atoms with Gasteiger partial charge in [-0.05, 0) is 50.6 Å². The van der Waals surface area contributed by atoms with E-state index in [-0.39, 0.29) is 12.2 Å². The molecule has 0 amide bonds. The van der Waals surface area contributed by atoms with Crippen molar-refractivity contribution in [3.63, 3.8) is 0 Å². The normalized spacial score (nSPS) is 26.1. The number of morpholine rings is 1. The van der Waals surface area contributed by atoms with Crippen molar-refractivity contribution in [2.75, 3.05) is 26.7 Å². The first-order valence-corrected chi connectivity index (χ1v) is 8.93. The van der Waals surface area contributed by atoms with Gasteiger partial charge in [-0.1, -0.05) is 12.1 Å². The molecule has 2 fully saturated rings. The highest BCUT2D eigenvalue weighted by Gasteiger charge is 2.39. The summed E-state index contributed by atoms with van der Waals surface area (Å²) in [4.78, 5) is 0.386. The van der Waals surface area contributed by atoms with Crippen LogP contribution in [0.15, 0.2) is 29.2 Å². The summed E-state index contributed by atoms with van der Waals surface area (Å²) in [5.41, 5.74) is 1.14. The van der Waals surface area contributed by atoms with Gasteiger partial charge in [0.1, 0.15) is 0 Å². The predicted octanol–water partition coefficient (Wildman–Crippen LogP) is 1.00.